The zero-order valence-corrected chi connectivity index (χ0v) is 18.5. The molecule has 2 aliphatic rings. The van der Waals surface area contributed by atoms with E-state index in [-0.39, 0.29) is 11.5 Å². The van der Waals surface area contributed by atoms with Crippen molar-refractivity contribution in [2.75, 3.05) is 18.4 Å². The molecule has 2 aliphatic heterocycles. The first-order chi connectivity index (χ1) is 14.5. The van der Waals surface area contributed by atoms with Gasteiger partial charge < -0.3 is 10.7 Å². The molecule has 1 saturated heterocycles. The van der Waals surface area contributed by atoms with E-state index in [0.717, 1.165) is 53.2 Å². The van der Waals surface area contributed by atoms with E-state index < -0.39 is 0 Å². The van der Waals surface area contributed by atoms with Gasteiger partial charge in [0, 0.05) is 31.0 Å². The molecule has 0 amide bonds. The smallest absolute Gasteiger partial charge is 0.180 e. The molecule has 2 N–H and O–H groups in total. The number of aryl methyl sites for hydroxylation is 1. The maximum absolute atomic E-state index is 4.71. The van der Waals surface area contributed by atoms with Crippen molar-refractivity contribution in [1.82, 2.24) is 29.1 Å². The molecule has 1 unspecified atom stereocenters. The molecular formula is C21H28N8S. The molecule has 9 heteroatoms. The van der Waals surface area contributed by atoms with Gasteiger partial charge in [-0.05, 0) is 57.8 Å². The van der Waals surface area contributed by atoms with Crippen molar-refractivity contribution in [3.05, 3.63) is 35.5 Å². The van der Waals surface area contributed by atoms with E-state index in [2.05, 4.69) is 50.0 Å². The summed E-state index contributed by atoms with van der Waals surface area (Å²) in [5, 5.41) is 8.60. The Morgan fingerprint density at radius 1 is 1.33 bits per heavy atom. The third kappa shape index (κ3) is 3.67. The number of aromatic nitrogens is 4. The molecule has 0 aromatic carbocycles. The summed E-state index contributed by atoms with van der Waals surface area (Å²) >= 11 is 1.48. The Labute approximate surface area is 180 Å². The van der Waals surface area contributed by atoms with Gasteiger partial charge in [-0.1, -0.05) is 6.42 Å². The minimum absolute atomic E-state index is 0.220. The quantitative estimate of drug-likeness (QED) is 0.650. The van der Waals surface area contributed by atoms with Gasteiger partial charge in [0.25, 0.3) is 0 Å². The van der Waals surface area contributed by atoms with Crippen LogP contribution in [0.5, 0.6) is 0 Å². The van der Waals surface area contributed by atoms with Gasteiger partial charge in [-0.2, -0.15) is 9.47 Å². The van der Waals surface area contributed by atoms with Crippen LogP contribution in [0.1, 0.15) is 56.1 Å². The van der Waals surface area contributed by atoms with Crippen LogP contribution in [0.4, 0.5) is 10.8 Å². The first-order valence-corrected chi connectivity index (χ1v) is 11.4. The third-order valence-electron chi connectivity index (χ3n) is 6.15. The molecule has 5 heterocycles. The predicted octanol–water partition coefficient (Wildman–Crippen LogP) is 3.67. The number of likely N-dealkylation sites (tertiary alicyclic amines) is 1. The number of nitrogens with one attached hydrogen (secondary N) is 2. The van der Waals surface area contributed by atoms with Crippen molar-refractivity contribution >= 4 is 34.2 Å². The lowest BCUT2D eigenvalue weighted by molar-refractivity contribution is 0.0682. The number of anilines is 2. The Bertz CT molecular complexity index is 1080. The SMILES string of the molecule is Cc1cn2c(C3C=NNC3)cnc2c(Nc2cc(CN3CCCCC3(C)C)ns2)n1. The van der Waals surface area contributed by atoms with Crippen LogP contribution in [0.25, 0.3) is 5.65 Å². The minimum Gasteiger partial charge on any atom is -0.328 e. The molecule has 0 aliphatic carbocycles. The fourth-order valence-corrected chi connectivity index (χ4v) is 5.04. The summed E-state index contributed by atoms with van der Waals surface area (Å²) in [6, 6.07) is 2.15. The second-order valence-corrected chi connectivity index (χ2v) is 9.66. The van der Waals surface area contributed by atoms with E-state index in [1.54, 1.807) is 0 Å². The summed E-state index contributed by atoms with van der Waals surface area (Å²) < 4.78 is 6.82. The maximum atomic E-state index is 4.71. The van der Waals surface area contributed by atoms with Crippen LogP contribution < -0.4 is 10.7 Å². The van der Waals surface area contributed by atoms with Gasteiger partial charge >= 0.3 is 0 Å². The van der Waals surface area contributed by atoms with E-state index in [4.69, 9.17) is 9.36 Å². The van der Waals surface area contributed by atoms with Crippen molar-refractivity contribution in [2.45, 2.75) is 58.0 Å². The van der Waals surface area contributed by atoms with Crippen LogP contribution in [0.3, 0.4) is 0 Å². The van der Waals surface area contributed by atoms with Crippen LogP contribution in [-0.2, 0) is 6.54 Å². The highest BCUT2D eigenvalue weighted by Crippen LogP contribution is 2.31. The van der Waals surface area contributed by atoms with E-state index in [0.29, 0.717) is 0 Å². The monoisotopic (exact) mass is 424 g/mol. The molecule has 3 aromatic heterocycles. The van der Waals surface area contributed by atoms with Gasteiger partial charge in [-0.15, -0.1) is 0 Å². The Kier molecular flexibility index (Phi) is 4.94. The summed E-state index contributed by atoms with van der Waals surface area (Å²) in [7, 11) is 0. The molecule has 0 radical (unpaired) electrons. The first kappa shape index (κ1) is 19.4. The molecular weight excluding hydrogens is 396 g/mol. The number of imidazole rings is 1. The highest BCUT2D eigenvalue weighted by Gasteiger charge is 2.30. The second kappa shape index (κ2) is 7.63. The van der Waals surface area contributed by atoms with Crippen molar-refractivity contribution in [1.29, 1.82) is 0 Å². The van der Waals surface area contributed by atoms with Gasteiger partial charge in [0.1, 0.15) is 5.00 Å². The van der Waals surface area contributed by atoms with Crippen LogP contribution >= 0.6 is 11.5 Å². The lowest BCUT2D eigenvalue weighted by Crippen LogP contribution is -2.46. The first-order valence-electron chi connectivity index (χ1n) is 10.6. The van der Waals surface area contributed by atoms with Crippen molar-refractivity contribution in [3.63, 3.8) is 0 Å². The van der Waals surface area contributed by atoms with E-state index in [1.165, 1.54) is 30.8 Å². The van der Waals surface area contributed by atoms with E-state index in [1.807, 2.05) is 25.5 Å². The zero-order valence-electron chi connectivity index (χ0n) is 17.7. The third-order valence-corrected chi connectivity index (χ3v) is 6.90. The molecule has 1 fully saturated rings. The standard InChI is InChI=1S/C21H28N8S/c1-14-12-29-17(15-9-23-24-10-15)11-22-20(29)19(25-14)26-18-8-16(27-30-18)13-28-7-5-4-6-21(28,2)3/h8-9,11-12,15,24H,4-7,10,13H2,1-3H3,(H,25,26). The molecule has 8 nitrogen and oxygen atoms in total. The number of piperidine rings is 1. The number of fused-ring (bicyclic) bond motifs is 1. The summed E-state index contributed by atoms with van der Waals surface area (Å²) in [5.74, 6) is 0.982. The fraction of sp³-hybridized carbons (Fsp3) is 0.524. The number of hydrazone groups is 1. The Morgan fingerprint density at radius 2 is 2.23 bits per heavy atom. The van der Waals surface area contributed by atoms with Crippen LogP contribution in [0.15, 0.2) is 23.6 Å². The normalized spacial score (nSPS) is 21.2. The number of rotatable bonds is 5. The predicted molar refractivity (Wildman–Crippen MR) is 121 cm³/mol. The molecule has 0 bridgehead atoms. The van der Waals surface area contributed by atoms with Gasteiger partial charge in [-0.25, -0.2) is 9.97 Å². The van der Waals surface area contributed by atoms with Crippen LogP contribution in [0.2, 0.25) is 0 Å². The van der Waals surface area contributed by atoms with Crippen LogP contribution in [0, 0.1) is 6.92 Å². The average Bonchev–Trinajstić information content (AvgIpc) is 3.44. The summed E-state index contributed by atoms with van der Waals surface area (Å²) in [6.45, 7) is 9.51. The van der Waals surface area contributed by atoms with Gasteiger partial charge in [0.05, 0.1) is 29.2 Å². The summed E-state index contributed by atoms with van der Waals surface area (Å²) in [5.41, 5.74) is 7.25. The lowest BCUT2D eigenvalue weighted by atomic mass is 9.90. The fourth-order valence-electron chi connectivity index (χ4n) is 4.38. The summed E-state index contributed by atoms with van der Waals surface area (Å²) in [6.07, 6.45) is 9.72. The number of hydrogen-bond donors (Lipinski definition) is 2. The molecule has 0 saturated carbocycles. The highest BCUT2D eigenvalue weighted by molar-refractivity contribution is 7.10. The van der Waals surface area contributed by atoms with E-state index in [9.17, 15) is 0 Å². The molecule has 0 spiro atoms. The highest BCUT2D eigenvalue weighted by atomic mass is 32.1. The molecule has 5 rings (SSSR count). The molecule has 1 atom stereocenters. The largest absolute Gasteiger partial charge is 0.328 e. The van der Waals surface area contributed by atoms with Gasteiger partial charge in [-0.3, -0.25) is 9.30 Å². The van der Waals surface area contributed by atoms with Crippen LogP contribution in [-0.4, -0.2) is 48.5 Å². The van der Waals surface area contributed by atoms with E-state index >= 15 is 0 Å². The number of nitrogens with zero attached hydrogens (tertiary/aromatic N) is 6. The lowest BCUT2D eigenvalue weighted by Gasteiger charge is -2.42. The van der Waals surface area contributed by atoms with Crippen molar-refractivity contribution in [2.24, 2.45) is 5.10 Å². The topological polar surface area (TPSA) is 82.7 Å². The Hall–Kier alpha value is -2.52. The Balaban J connectivity index is 1.38. The van der Waals surface area contributed by atoms with Gasteiger partial charge in [0.15, 0.2) is 11.5 Å². The number of hydrogen-bond acceptors (Lipinski definition) is 8. The Morgan fingerprint density at radius 3 is 3.03 bits per heavy atom. The molecule has 30 heavy (non-hydrogen) atoms. The maximum Gasteiger partial charge on any atom is 0.180 e. The zero-order chi connectivity index (χ0) is 20.7. The van der Waals surface area contributed by atoms with Gasteiger partial charge in [0.2, 0.25) is 0 Å². The molecule has 158 valence electrons. The van der Waals surface area contributed by atoms with Crippen molar-refractivity contribution in [3.8, 4) is 0 Å². The minimum atomic E-state index is 0.220. The summed E-state index contributed by atoms with van der Waals surface area (Å²) in [4.78, 5) is 11.9. The molecule has 3 aromatic rings. The average molecular weight is 425 g/mol. The van der Waals surface area contributed by atoms with Crippen molar-refractivity contribution < 1.29 is 0 Å². The second-order valence-electron chi connectivity index (χ2n) is 8.85.